The number of sulfone groups is 1. The van der Waals surface area contributed by atoms with Gasteiger partial charge in [-0.3, -0.25) is 0 Å². The largest absolute Gasteiger partial charge is 0.468 e. The van der Waals surface area contributed by atoms with Gasteiger partial charge in [-0.2, -0.15) is 0 Å². The molecule has 4 nitrogen and oxygen atoms in total. The first-order valence-corrected chi connectivity index (χ1v) is 7.79. The standard InChI is InChI=1S/C14H17NO3S/c1-2-11-5-7-12(8-6-11)19(16,17)10-13(15)14-4-3-9-18-14/h3-9,13H,2,10,15H2,1H3. The first-order valence-electron chi connectivity index (χ1n) is 6.13. The molecule has 0 amide bonds. The molecular formula is C14H17NO3S. The summed E-state index contributed by atoms with van der Waals surface area (Å²) in [6.45, 7) is 2.02. The lowest BCUT2D eigenvalue weighted by Crippen LogP contribution is -2.21. The Morgan fingerprint density at radius 2 is 1.89 bits per heavy atom. The van der Waals surface area contributed by atoms with Crippen molar-refractivity contribution in [2.45, 2.75) is 24.3 Å². The van der Waals surface area contributed by atoms with E-state index in [1.807, 2.05) is 19.1 Å². The van der Waals surface area contributed by atoms with E-state index in [-0.39, 0.29) is 5.75 Å². The van der Waals surface area contributed by atoms with Crippen LogP contribution >= 0.6 is 0 Å². The molecule has 0 radical (unpaired) electrons. The van der Waals surface area contributed by atoms with Crippen LogP contribution in [0.5, 0.6) is 0 Å². The van der Waals surface area contributed by atoms with Crippen molar-refractivity contribution in [3.63, 3.8) is 0 Å². The normalized spacial score (nSPS) is 13.4. The minimum Gasteiger partial charge on any atom is -0.468 e. The molecule has 1 heterocycles. The lowest BCUT2D eigenvalue weighted by Gasteiger charge is -2.10. The third kappa shape index (κ3) is 3.24. The second-order valence-electron chi connectivity index (χ2n) is 4.40. The van der Waals surface area contributed by atoms with Crippen molar-refractivity contribution in [1.82, 2.24) is 0 Å². The van der Waals surface area contributed by atoms with E-state index in [2.05, 4.69) is 0 Å². The molecule has 1 unspecified atom stereocenters. The van der Waals surface area contributed by atoms with Gasteiger partial charge in [0.15, 0.2) is 9.84 Å². The molecule has 0 aliphatic rings. The van der Waals surface area contributed by atoms with Crippen molar-refractivity contribution in [3.05, 3.63) is 54.0 Å². The lowest BCUT2D eigenvalue weighted by atomic mass is 10.2. The van der Waals surface area contributed by atoms with Gasteiger partial charge in [-0.15, -0.1) is 0 Å². The molecule has 102 valence electrons. The Balaban J connectivity index is 2.17. The number of rotatable bonds is 5. The fraction of sp³-hybridized carbons (Fsp3) is 0.286. The summed E-state index contributed by atoms with van der Waals surface area (Å²) in [6, 6.07) is 9.63. The molecule has 0 saturated heterocycles. The fourth-order valence-electron chi connectivity index (χ4n) is 1.85. The molecule has 5 heteroatoms. The third-order valence-electron chi connectivity index (χ3n) is 3.00. The van der Waals surface area contributed by atoms with E-state index in [1.165, 1.54) is 6.26 Å². The summed E-state index contributed by atoms with van der Waals surface area (Å²) in [5, 5.41) is 0. The Kier molecular flexibility index (Phi) is 4.07. The fourth-order valence-corrected chi connectivity index (χ4v) is 3.23. The zero-order valence-electron chi connectivity index (χ0n) is 10.7. The first kappa shape index (κ1) is 13.8. The van der Waals surface area contributed by atoms with Crippen LogP contribution in [0.3, 0.4) is 0 Å². The topological polar surface area (TPSA) is 73.3 Å². The summed E-state index contributed by atoms with van der Waals surface area (Å²) in [5.74, 6) is 0.320. The van der Waals surface area contributed by atoms with Crippen molar-refractivity contribution in [2.24, 2.45) is 5.73 Å². The van der Waals surface area contributed by atoms with E-state index in [0.29, 0.717) is 10.7 Å². The summed E-state index contributed by atoms with van der Waals surface area (Å²) >= 11 is 0. The highest BCUT2D eigenvalue weighted by molar-refractivity contribution is 7.91. The highest BCUT2D eigenvalue weighted by Gasteiger charge is 2.21. The van der Waals surface area contributed by atoms with Crippen LogP contribution < -0.4 is 5.73 Å². The summed E-state index contributed by atoms with van der Waals surface area (Å²) in [4.78, 5) is 0.298. The second-order valence-corrected chi connectivity index (χ2v) is 6.44. The summed E-state index contributed by atoms with van der Waals surface area (Å²) < 4.78 is 29.6. The van der Waals surface area contributed by atoms with E-state index in [0.717, 1.165) is 12.0 Å². The lowest BCUT2D eigenvalue weighted by molar-refractivity contribution is 0.477. The second kappa shape index (κ2) is 5.59. The van der Waals surface area contributed by atoms with Gasteiger partial charge >= 0.3 is 0 Å². The van der Waals surface area contributed by atoms with E-state index in [1.54, 1.807) is 24.3 Å². The molecule has 2 N–H and O–H groups in total. The smallest absolute Gasteiger partial charge is 0.180 e. The van der Waals surface area contributed by atoms with Gasteiger partial charge in [0.1, 0.15) is 5.76 Å². The Labute approximate surface area is 113 Å². The predicted molar refractivity (Wildman–Crippen MR) is 73.5 cm³/mol. The van der Waals surface area contributed by atoms with Gasteiger partial charge in [0.25, 0.3) is 0 Å². The van der Waals surface area contributed by atoms with E-state index >= 15 is 0 Å². The van der Waals surface area contributed by atoms with Crippen LogP contribution in [0.2, 0.25) is 0 Å². The van der Waals surface area contributed by atoms with Crippen LogP contribution in [0, 0.1) is 0 Å². The quantitative estimate of drug-likeness (QED) is 0.911. The minimum absolute atomic E-state index is 0.161. The van der Waals surface area contributed by atoms with Crippen LogP contribution in [0.15, 0.2) is 52.0 Å². The number of aryl methyl sites for hydroxylation is 1. The maximum atomic E-state index is 12.2. The van der Waals surface area contributed by atoms with Crippen molar-refractivity contribution in [2.75, 3.05) is 5.75 Å². The number of furan rings is 1. The van der Waals surface area contributed by atoms with Crippen molar-refractivity contribution in [1.29, 1.82) is 0 Å². The maximum Gasteiger partial charge on any atom is 0.180 e. The van der Waals surface area contributed by atoms with Crippen molar-refractivity contribution >= 4 is 9.84 Å². The predicted octanol–water partition coefficient (Wildman–Crippen LogP) is 2.32. The summed E-state index contributed by atoms with van der Waals surface area (Å²) in [7, 11) is -3.40. The van der Waals surface area contributed by atoms with Crippen LogP contribution in [-0.2, 0) is 16.3 Å². The Hall–Kier alpha value is -1.59. The molecular weight excluding hydrogens is 262 g/mol. The third-order valence-corrected chi connectivity index (χ3v) is 4.79. The van der Waals surface area contributed by atoms with Gasteiger partial charge in [0.2, 0.25) is 0 Å². The Morgan fingerprint density at radius 1 is 1.21 bits per heavy atom. The van der Waals surface area contributed by atoms with Gasteiger partial charge in [-0.1, -0.05) is 19.1 Å². The molecule has 0 saturated carbocycles. The van der Waals surface area contributed by atoms with Gasteiger partial charge in [-0.05, 0) is 36.2 Å². The molecule has 2 rings (SSSR count). The highest BCUT2D eigenvalue weighted by Crippen LogP contribution is 2.19. The highest BCUT2D eigenvalue weighted by atomic mass is 32.2. The van der Waals surface area contributed by atoms with Crippen molar-refractivity contribution < 1.29 is 12.8 Å². The van der Waals surface area contributed by atoms with Gasteiger partial charge in [-0.25, -0.2) is 8.42 Å². The van der Waals surface area contributed by atoms with Crippen LogP contribution in [0.1, 0.15) is 24.3 Å². The van der Waals surface area contributed by atoms with Crippen LogP contribution in [0.4, 0.5) is 0 Å². The molecule has 0 fully saturated rings. The minimum atomic E-state index is -3.40. The zero-order chi connectivity index (χ0) is 13.9. The van der Waals surface area contributed by atoms with Gasteiger partial charge < -0.3 is 10.2 Å². The molecule has 0 spiro atoms. The molecule has 0 aliphatic heterocycles. The SMILES string of the molecule is CCc1ccc(S(=O)(=O)CC(N)c2ccco2)cc1. The summed E-state index contributed by atoms with van der Waals surface area (Å²) in [5.41, 5.74) is 6.95. The first-order chi connectivity index (χ1) is 9.03. The van der Waals surface area contributed by atoms with E-state index in [4.69, 9.17) is 10.2 Å². The van der Waals surface area contributed by atoms with Gasteiger partial charge in [0.05, 0.1) is 23.0 Å². The average Bonchev–Trinajstić information content (AvgIpc) is 2.92. The molecule has 2 aromatic rings. The van der Waals surface area contributed by atoms with E-state index < -0.39 is 15.9 Å². The van der Waals surface area contributed by atoms with Gasteiger partial charge in [0, 0.05) is 0 Å². The van der Waals surface area contributed by atoms with E-state index in [9.17, 15) is 8.42 Å². The molecule has 1 aromatic carbocycles. The summed E-state index contributed by atoms with van der Waals surface area (Å²) in [6.07, 6.45) is 2.37. The zero-order valence-corrected chi connectivity index (χ0v) is 11.6. The van der Waals surface area contributed by atoms with Crippen LogP contribution in [-0.4, -0.2) is 14.2 Å². The molecule has 19 heavy (non-hydrogen) atoms. The Morgan fingerprint density at radius 3 is 2.42 bits per heavy atom. The number of hydrogen-bond acceptors (Lipinski definition) is 4. The maximum absolute atomic E-state index is 12.2. The number of nitrogens with two attached hydrogens (primary N) is 1. The monoisotopic (exact) mass is 279 g/mol. The van der Waals surface area contributed by atoms with Crippen LogP contribution in [0.25, 0.3) is 0 Å². The molecule has 1 atom stereocenters. The van der Waals surface area contributed by atoms with Crippen molar-refractivity contribution in [3.8, 4) is 0 Å². The number of benzene rings is 1. The number of hydrogen-bond donors (Lipinski definition) is 1. The molecule has 1 aromatic heterocycles. The average molecular weight is 279 g/mol. The molecule has 0 bridgehead atoms. The molecule has 0 aliphatic carbocycles. The Bertz CT molecular complexity index is 615.